The fraction of sp³-hybridized carbons (Fsp3) is 0.267. The van der Waals surface area contributed by atoms with Crippen molar-refractivity contribution in [1.29, 1.82) is 0 Å². The Balaban J connectivity index is 4.55. The molecule has 0 N–H and O–H groups in total. The van der Waals surface area contributed by atoms with Gasteiger partial charge in [-0.25, -0.2) is 14.4 Å². The molecule has 0 amide bonds. The second-order valence-electron chi connectivity index (χ2n) is 4.07. The molecule has 7 nitrogen and oxygen atoms in total. The highest BCUT2D eigenvalue weighted by Gasteiger charge is 2.21. The molecule has 0 saturated heterocycles. The summed E-state index contributed by atoms with van der Waals surface area (Å²) in [7, 11) is 0. The zero-order chi connectivity index (χ0) is 17.3. The van der Waals surface area contributed by atoms with E-state index in [9.17, 15) is 14.4 Å². The highest BCUT2D eigenvalue weighted by atomic mass is 16.8. The van der Waals surface area contributed by atoms with E-state index in [0.29, 0.717) is 0 Å². The van der Waals surface area contributed by atoms with Crippen molar-refractivity contribution >= 4 is 18.1 Å². The van der Waals surface area contributed by atoms with E-state index < -0.39 is 30.7 Å². The summed E-state index contributed by atoms with van der Waals surface area (Å²) in [6.07, 6.45) is -1.88. The molecule has 0 fully saturated rings. The van der Waals surface area contributed by atoms with E-state index in [-0.39, 0.29) is 11.1 Å². The molecule has 0 aliphatic heterocycles. The van der Waals surface area contributed by atoms with Crippen LogP contribution in [-0.4, -0.2) is 30.7 Å². The smallest absolute Gasteiger partial charge is 0.418 e. The lowest BCUT2D eigenvalue weighted by Gasteiger charge is -2.17. The molecular formula is C15H18O7. The SMILES string of the molecule is C=CC(OC(=O)OC(C=C)OC(=O)C(=C)C)OC(=O)C(=C)C. The van der Waals surface area contributed by atoms with Crippen LogP contribution in [0.15, 0.2) is 49.6 Å². The zero-order valence-electron chi connectivity index (χ0n) is 12.5. The van der Waals surface area contributed by atoms with Crippen molar-refractivity contribution in [3.63, 3.8) is 0 Å². The van der Waals surface area contributed by atoms with Crippen molar-refractivity contribution in [2.24, 2.45) is 0 Å². The summed E-state index contributed by atoms with van der Waals surface area (Å²) in [5, 5.41) is 0. The molecule has 0 aliphatic rings. The van der Waals surface area contributed by atoms with E-state index >= 15 is 0 Å². The van der Waals surface area contributed by atoms with E-state index in [2.05, 4.69) is 35.8 Å². The van der Waals surface area contributed by atoms with E-state index in [1.165, 1.54) is 13.8 Å². The van der Waals surface area contributed by atoms with Gasteiger partial charge < -0.3 is 18.9 Å². The van der Waals surface area contributed by atoms with Crippen LogP contribution in [0.4, 0.5) is 4.79 Å². The third-order valence-corrected chi connectivity index (χ3v) is 1.95. The molecule has 0 radical (unpaired) electrons. The first-order chi connectivity index (χ1) is 10.2. The van der Waals surface area contributed by atoms with Crippen LogP contribution in [0.5, 0.6) is 0 Å². The first-order valence-electron chi connectivity index (χ1n) is 6.06. The quantitative estimate of drug-likeness (QED) is 0.294. The van der Waals surface area contributed by atoms with Gasteiger partial charge in [-0.05, 0) is 26.0 Å². The van der Waals surface area contributed by atoms with Gasteiger partial charge in [0.2, 0.25) is 0 Å². The Bertz CT molecular complexity index is 460. The van der Waals surface area contributed by atoms with Gasteiger partial charge in [-0.15, -0.1) is 0 Å². The third kappa shape index (κ3) is 7.09. The first kappa shape index (κ1) is 19.2. The predicted octanol–water partition coefficient (Wildman–Crippen LogP) is 2.40. The molecule has 0 spiro atoms. The average molecular weight is 310 g/mol. The van der Waals surface area contributed by atoms with Crippen LogP contribution >= 0.6 is 0 Å². The van der Waals surface area contributed by atoms with Crippen molar-refractivity contribution in [2.75, 3.05) is 0 Å². The molecule has 0 aliphatic carbocycles. The van der Waals surface area contributed by atoms with Crippen LogP contribution in [0, 0.1) is 0 Å². The van der Waals surface area contributed by atoms with Crippen LogP contribution in [0.1, 0.15) is 13.8 Å². The number of hydrogen-bond donors (Lipinski definition) is 0. The largest absolute Gasteiger partial charge is 0.515 e. The number of rotatable bonds is 8. The monoisotopic (exact) mass is 310 g/mol. The van der Waals surface area contributed by atoms with E-state index in [1.54, 1.807) is 0 Å². The molecule has 0 heterocycles. The van der Waals surface area contributed by atoms with Crippen LogP contribution < -0.4 is 0 Å². The van der Waals surface area contributed by atoms with Gasteiger partial charge in [-0.1, -0.05) is 26.3 Å². The third-order valence-electron chi connectivity index (χ3n) is 1.95. The summed E-state index contributed by atoms with van der Waals surface area (Å²) in [6.45, 7) is 16.3. The summed E-state index contributed by atoms with van der Waals surface area (Å²) in [5.74, 6) is -1.54. The van der Waals surface area contributed by atoms with Gasteiger partial charge in [0.05, 0.1) is 0 Å². The maximum absolute atomic E-state index is 11.5. The summed E-state index contributed by atoms with van der Waals surface area (Å²) in [5.41, 5.74) is 0.228. The number of esters is 2. The summed E-state index contributed by atoms with van der Waals surface area (Å²) >= 11 is 0. The van der Waals surface area contributed by atoms with Gasteiger partial charge in [0.1, 0.15) is 0 Å². The minimum absolute atomic E-state index is 0.114. The average Bonchev–Trinajstić information content (AvgIpc) is 2.44. The number of ether oxygens (including phenoxy) is 4. The van der Waals surface area contributed by atoms with Crippen LogP contribution in [0.3, 0.4) is 0 Å². The van der Waals surface area contributed by atoms with Gasteiger partial charge in [0, 0.05) is 11.1 Å². The molecule has 0 aromatic rings. The molecule has 2 atom stereocenters. The van der Waals surface area contributed by atoms with E-state index in [4.69, 9.17) is 9.47 Å². The molecule has 0 aromatic carbocycles. The first-order valence-corrected chi connectivity index (χ1v) is 6.06. The van der Waals surface area contributed by atoms with Gasteiger partial charge in [0.25, 0.3) is 12.6 Å². The van der Waals surface area contributed by atoms with Gasteiger partial charge in [0.15, 0.2) is 0 Å². The standard InChI is InChI=1S/C15H18O7/c1-7-11(19-13(16)9(3)4)21-15(18)22-12(8-2)20-14(17)10(5)6/h7-8,11-12H,1-3,5H2,4,6H3. The molecule has 0 bridgehead atoms. The minimum atomic E-state index is -1.38. The summed E-state index contributed by atoms with van der Waals surface area (Å²) in [6, 6.07) is 0. The van der Waals surface area contributed by atoms with Gasteiger partial charge in [-0.2, -0.15) is 0 Å². The highest BCUT2D eigenvalue weighted by molar-refractivity contribution is 5.87. The molecule has 22 heavy (non-hydrogen) atoms. The summed E-state index contributed by atoms with van der Waals surface area (Å²) in [4.78, 5) is 34.1. The summed E-state index contributed by atoms with van der Waals surface area (Å²) < 4.78 is 18.8. The number of hydrogen-bond acceptors (Lipinski definition) is 7. The Kier molecular flexibility index (Phi) is 7.99. The van der Waals surface area contributed by atoms with Crippen LogP contribution in [0.2, 0.25) is 0 Å². The maximum atomic E-state index is 11.5. The van der Waals surface area contributed by atoms with E-state index in [1.807, 2.05) is 0 Å². The van der Waals surface area contributed by atoms with E-state index in [0.717, 1.165) is 12.2 Å². The Labute approximate surface area is 128 Å². The lowest BCUT2D eigenvalue weighted by Crippen LogP contribution is -2.28. The zero-order valence-corrected chi connectivity index (χ0v) is 12.5. The second kappa shape index (κ2) is 9.17. The van der Waals surface area contributed by atoms with Gasteiger partial charge >= 0.3 is 18.1 Å². The Morgan fingerprint density at radius 3 is 1.32 bits per heavy atom. The fourth-order valence-electron chi connectivity index (χ4n) is 0.870. The van der Waals surface area contributed by atoms with Gasteiger partial charge in [-0.3, -0.25) is 0 Å². The fourth-order valence-corrected chi connectivity index (χ4v) is 0.870. The highest BCUT2D eigenvalue weighted by Crippen LogP contribution is 2.07. The maximum Gasteiger partial charge on any atom is 0.515 e. The molecule has 0 saturated carbocycles. The Morgan fingerprint density at radius 1 is 0.773 bits per heavy atom. The predicted molar refractivity (Wildman–Crippen MR) is 77.3 cm³/mol. The lowest BCUT2D eigenvalue weighted by molar-refractivity contribution is -0.168. The van der Waals surface area contributed by atoms with Crippen molar-refractivity contribution in [3.8, 4) is 0 Å². The molecular weight excluding hydrogens is 292 g/mol. The molecule has 0 aromatic heterocycles. The molecule has 2 unspecified atom stereocenters. The molecule has 0 rings (SSSR count). The number of carbonyl (C=O) groups excluding carboxylic acids is 3. The second-order valence-corrected chi connectivity index (χ2v) is 4.07. The lowest BCUT2D eigenvalue weighted by atomic mass is 10.4. The molecule has 7 heteroatoms. The van der Waals surface area contributed by atoms with Crippen molar-refractivity contribution in [1.82, 2.24) is 0 Å². The Hall–Kier alpha value is -2.83. The molecule has 120 valence electrons. The van der Waals surface area contributed by atoms with Crippen molar-refractivity contribution in [3.05, 3.63) is 49.6 Å². The number of carbonyl (C=O) groups is 3. The normalized spacial score (nSPS) is 12.1. The van der Waals surface area contributed by atoms with Crippen molar-refractivity contribution < 1.29 is 33.3 Å². The van der Waals surface area contributed by atoms with Crippen LogP contribution in [-0.2, 0) is 28.5 Å². The Morgan fingerprint density at radius 2 is 1.09 bits per heavy atom. The van der Waals surface area contributed by atoms with Crippen LogP contribution in [0.25, 0.3) is 0 Å². The topological polar surface area (TPSA) is 88.1 Å². The minimum Gasteiger partial charge on any atom is -0.418 e. The van der Waals surface area contributed by atoms with Crippen molar-refractivity contribution in [2.45, 2.75) is 26.4 Å².